The van der Waals surface area contributed by atoms with E-state index in [-0.39, 0.29) is 0 Å². The summed E-state index contributed by atoms with van der Waals surface area (Å²) >= 11 is 11.5. The highest BCUT2D eigenvalue weighted by Gasteiger charge is 2.13. The molecule has 2 N–H and O–H groups in total. The molecule has 0 radical (unpaired) electrons. The van der Waals surface area contributed by atoms with Gasteiger partial charge in [-0.25, -0.2) is 4.68 Å². The van der Waals surface area contributed by atoms with Gasteiger partial charge in [-0.1, -0.05) is 29.3 Å². The van der Waals surface area contributed by atoms with Crippen LogP contribution in [-0.2, 0) is 0 Å². The second-order valence-corrected chi connectivity index (χ2v) is 5.53. The summed E-state index contributed by atoms with van der Waals surface area (Å²) in [7, 11) is 0. The number of aryl methyl sites for hydroxylation is 2. The number of thiocarbonyl (C=S) groups is 1. The number of halogens is 1. The minimum absolute atomic E-state index is 0.471. The number of hydrogen-bond acceptors (Lipinski definition) is 3. The van der Waals surface area contributed by atoms with E-state index in [4.69, 9.17) is 23.8 Å². The summed E-state index contributed by atoms with van der Waals surface area (Å²) in [5, 5.41) is 12.5. The first-order chi connectivity index (χ1) is 10.5. The second kappa shape index (κ2) is 7.38. The molecule has 0 aliphatic heterocycles. The Morgan fingerprint density at radius 1 is 1.36 bits per heavy atom. The Balaban J connectivity index is 2.22. The molecule has 7 heteroatoms. The number of nitrogens with zero attached hydrogens (tertiary/aromatic N) is 3. The van der Waals surface area contributed by atoms with Crippen LogP contribution < -0.4 is 10.7 Å². The molecule has 0 unspecified atom stereocenters. The van der Waals surface area contributed by atoms with Crippen molar-refractivity contribution < 1.29 is 0 Å². The monoisotopic (exact) mass is 335 g/mol. The molecule has 0 spiro atoms. The Bertz CT molecular complexity index is 691. The molecule has 0 aliphatic carbocycles. The maximum absolute atomic E-state index is 6.41. The van der Waals surface area contributed by atoms with E-state index in [0.29, 0.717) is 10.3 Å². The summed E-state index contributed by atoms with van der Waals surface area (Å²) in [6.45, 7) is 6.63. The molecule has 0 fully saturated rings. The van der Waals surface area contributed by atoms with Gasteiger partial charge in [0.05, 0.1) is 23.2 Å². The highest BCUT2D eigenvalue weighted by molar-refractivity contribution is 7.80. The van der Waals surface area contributed by atoms with Crippen LogP contribution in [0.15, 0.2) is 29.4 Å². The van der Waals surface area contributed by atoms with Crippen LogP contribution >= 0.6 is 23.8 Å². The van der Waals surface area contributed by atoms with E-state index >= 15 is 0 Å². The lowest BCUT2D eigenvalue weighted by atomic mass is 10.2. The van der Waals surface area contributed by atoms with Crippen LogP contribution in [0.25, 0.3) is 5.69 Å². The van der Waals surface area contributed by atoms with Crippen LogP contribution in [0.5, 0.6) is 0 Å². The molecule has 116 valence electrons. The van der Waals surface area contributed by atoms with Crippen molar-refractivity contribution in [1.29, 1.82) is 0 Å². The minimum Gasteiger partial charge on any atom is -0.362 e. The van der Waals surface area contributed by atoms with Gasteiger partial charge in [0.15, 0.2) is 5.11 Å². The number of hydrazone groups is 1. The number of aromatic nitrogens is 2. The Morgan fingerprint density at radius 2 is 2.05 bits per heavy atom. The third-order valence-electron chi connectivity index (χ3n) is 3.02. The molecule has 0 aliphatic rings. The molecule has 22 heavy (non-hydrogen) atoms. The van der Waals surface area contributed by atoms with Gasteiger partial charge in [-0.15, -0.1) is 0 Å². The molecular weight excluding hydrogens is 318 g/mol. The molecule has 0 saturated carbocycles. The van der Waals surface area contributed by atoms with Crippen molar-refractivity contribution in [2.24, 2.45) is 5.10 Å². The van der Waals surface area contributed by atoms with Crippen LogP contribution in [-0.4, -0.2) is 27.7 Å². The lowest BCUT2D eigenvalue weighted by Crippen LogP contribution is -2.31. The number of hydrogen-bond donors (Lipinski definition) is 2. The van der Waals surface area contributed by atoms with Gasteiger partial charge in [0.25, 0.3) is 0 Å². The van der Waals surface area contributed by atoms with Crippen molar-refractivity contribution in [2.75, 3.05) is 6.54 Å². The van der Waals surface area contributed by atoms with Crippen LogP contribution in [0, 0.1) is 13.8 Å². The summed E-state index contributed by atoms with van der Waals surface area (Å²) in [6, 6.07) is 8.00. The van der Waals surface area contributed by atoms with Crippen LogP contribution in [0.2, 0.25) is 5.15 Å². The van der Waals surface area contributed by atoms with E-state index in [0.717, 1.165) is 23.5 Å². The summed E-state index contributed by atoms with van der Waals surface area (Å²) in [5.74, 6) is 0. The van der Waals surface area contributed by atoms with Crippen molar-refractivity contribution in [1.82, 2.24) is 20.5 Å². The summed E-state index contributed by atoms with van der Waals surface area (Å²) < 4.78 is 1.69. The number of rotatable bonds is 4. The van der Waals surface area contributed by atoms with Gasteiger partial charge in [-0.2, -0.15) is 10.2 Å². The van der Waals surface area contributed by atoms with Gasteiger partial charge in [-0.3, -0.25) is 5.43 Å². The Labute approximate surface area is 140 Å². The molecular formula is C15H18ClN5S. The van der Waals surface area contributed by atoms with Crippen LogP contribution in [0.3, 0.4) is 0 Å². The maximum atomic E-state index is 6.41. The fourth-order valence-electron chi connectivity index (χ4n) is 1.87. The van der Waals surface area contributed by atoms with E-state index in [1.165, 1.54) is 5.56 Å². The molecule has 0 atom stereocenters. The summed E-state index contributed by atoms with van der Waals surface area (Å²) in [4.78, 5) is 0. The fourth-order valence-corrected chi connectivity index (χ4v) is 2.39. The predicted octanol–water partition coefficient (Wildman–Crippen LogP) is 2.96. The number of benzene rings is 1. The van der Waals surface area contributed by atoms with Crippen molar-refractivity contribution in [3.05, 3.63) is 46.2 Å². The standard InChI is InChI=1S/C15H18ClN5S/c1-4-17-15(22)19-18-9-13-11(3)20-21(14(13)16)12-7-5-10(2)6-8-12/h5-9H,4H2,1-3H3,(H2,17,19,22). The lowest BCUT2D eigenvalue weighted by molar-refractivity contribution is 0.863. The predicted molar refractivity (Wildman–Crippen MR) is 95.1 cm³/mol. The quantitative estimate of drug-likeness (QED) is 0.512. The zero-order valence-corrected chi connectivity index (χ0v) is 14.3. The van der Waals surface area contributed by atoms with E-state index in [2.05, 4.69) is 20.9 Å². The average molecular weight is 336 g/mol. The first-order valence-corrected chi connectivity index (χ1v) is 7.70. The topological polar surface area (TPSA) is 54.2 Å². The normalized spacial score (nSPS) is 10.9. The first kappa shape index (κ1) is 16.5. The highest BCUT2D eigenvalue weighted by Crippen LogP contribution is 2.22. The molecule has 2 rings (SSSR count). The zero-order chi connectivity index (χ0) is 16.1. The average Bonchev–Trinajstić information content (AvgIpc) is 2.76. The van der Waals surface area contributed by atoms with Crippen molar-refractivity contribution in [3.8, 4) is 5.69 Å². The number of nitrogens with one attached hydrogen (secondary N) is 2. The van der Waals surface area contributed by atoms with Crippen molar-refractivity contribution in [3.63, 3.8) is 0 Å². The SMILES string of the molecule is CCNC(=S)NN=Cc1c(C)nn(-c2ccc(C)cc2)c1Cl. The van der Waals surface area contributed by atoms with Crippen molar-refractivity contribution in [2.45, 2.75) is 20.8 Å². The zero-order valence-electron chi connectivity index (χ0n) is 12.7. The first-order valence-electron chi connectivity index (χ1n) is 6.92. The Morgan fingerprint density at radius 3 is 2.68 bits per heavy atom. The molecule has 2 aromatic rings. The fraction of sp³-hybridized carbons (Fsp3) is 0.267. The molecule has 5 nitrogen and oxygen atoms in total. The third kappa shape index (κ3) is 3.84. The van der Waals surface area contributed by atoms with Crippen LogP contribution in [0.1, 0.15) is 23.7 Å². The molecule has 1 heterocycles. The van der Waals surface area contributed by atoms with Gasteiger partial charge in [0.1, 0.15) is 5.15 Å². The second-order valence-electron chi connectivity index (χ2n) is 4.77. The Hall–Kier alpha value is -1.92. The highest BCUT2D eigenvalue weighted by atomic mass is 35.5. The molecule has 0 amide bonds. The van der Waals surface area contributed by atoms with E-state index < -0.39 is 0 Å². The van der Waals surface area contributed by atoms with Crippen LogP contribution in [0.4, 0.5) is 0 Å². The van der Waals surface area contributed by atoms with E-state index in [1.807, 2.05) is 45.0 Å². The van der Waals surface area contributed by atoms with Gasteiger partial charge < -0.3 is 5.32 Å². The minimum atomic E-state index is 0.471. The molecule has 1 aromatic carbocycles. The van der Waals surface area contributed by atoms with Gasteiger partial charge in [0, 0.05) is 6.54 Å². The lowest BCUT2D eigenvalue weighted by Gasteiger charge is -2.04. The summed E-state index contributed by atoms with van der Waals surface area (Å²) in [5.41, 5.74) is 6.39. The van der Waals surface area contributed by atoms with Gasteiger partial charge in [-0.05, 0) is 45.1 Å². The van der Waals surface area contributed by atoms with Gasteiger partial charge >= 0.3 is 0 Å². The summed E-state index contributed by atoms with van der Waals surface area (Å²) in [6.07, 6.45) is 1.62. The molecule has 0 saturated heterocycles. The molecule has 1 aromatic heterocycles. The van der Waals surface area contributed by atoms with E-state index in [1.54, 1.807) is 10.9 Å². The van der Waals surface area contributed by atoms with Crippen molar-refractivity contribution >= 4 is 35.1 Å². The maximum Gasteiger partial charge on any atom is 0.186 e. The Kier molecular flexibility index (Phi) is 5.51. The smallest absolute Gasteiger partial charge is 0.186 e. The largest absolute Gasteiger partial charge is 0.362 e. The van der Waals surface area contributed by atoms with Gasteiger partial charge in [0.2, 0.25) is 0 Å². The molecule has 0 bridgehead atoms. The third-order valence-corrected chi connectivity index (χ3v) is 3.62. The van der Waals surface area contributed by atoms with E-state index in [9.17, 15) is 0 Å².